The van der Waals surface area contributed by atoms with Gasteiger partial charge in [0.15, 0.2) is 0 Å². The molecule has 0 saturated carbocycles. The zero-order valence-corrected chi connectivity index (χ0v) is 16.0. The van der Waals surface area contributed by atoms with E-state index in [1.165, 1.54) is 11.1 Å². The van der Waals surface area contributed by atoms with Crippen molar-refractivity contribution >= 4 is 59.4 Å². The van der Waals surface area contributed by atoms with Gasteiger partial charge in [-0.05, 0) is 54.3 Å². The predicted molar refractivity (Wildman–Crippen MR) is 93.2 cm³/mol. The summed E-state index contributed by atoms with van der Waals surface area (Å²) >= 11 is 17.2. The maximum absolute atomic E-state index is 6.66. The molecule has 0 amide bonds. The number of benzene rings is 2. The van der Waals surface area contributed by atoms with Crippen LogP contribution in [0.25, 0.3) is 0 Å². The fourth-order valence-electron chi connectivity index (χ4n) is 1.95. The molecule has 0 aliphatic carbocycles. The minimum atomic E-state index is -0.158. The van der Waals surface area contributed by atoms with E-state index in [9.17, 15) is 0 Å². The Hall–Kier alpha value is 0.170. The molecule has 1 unspecified atom stereocenters. The average molecular weight is 467 g/mol. The Balaban J connectivity index is 2.49. The van der Waals surface area contributed by atoms with Gasteiger partial charge in [-0.25, -0.2) is 0 Å². The quantitative estimate of drug-likeness (QED) is 0.421. The Kier molecular flexibility index (Phi) is 5.15. The first-order valence-electron chi connectivity index (χ1n) is 5.76. The van der Waals surface area contributed by atoms with Crippen LogP contribution in [0.3, 0.4) is 0 Å². The van der Waals surface area contributed by atoms with Crippen LogP contribution in [0.15, 0.2) is 43.7 Å². The SMILES string of the molecule is Cc1cc(C(Cl)c2ccc(Br)cc2Br)c(C)cc1Br. The first-order chi connectivity index (χ1) is 8.90. The van der Waals surface area contributed by atoms with E-state index in [0.717, 1.165) is 24.5 Å². The van der Waals surface area contributed by atoms with E-state index in [1.807, 2.05) is 18.2 Å². The normalized spacial score (nSPS) is 12.5. The molecule has 0 aliphatic rings. The first-order valence-corrected chi connectivity index (χ1v) is 8.57. The van der Waals surface area contributed by atoms with Gasteiger partial charge in [0.25, 0.3) is 0 Å². The molecule has 0 bridgehead atoms. The minimum Gasteiger partial charge on any atom is -0.113 e. The van der Waals surface area contributed by atoms with E-state index < -0.39 is 0 Å². The molecular formula is C15H12Br3Cl. The second-order valence-corrected chi connectivity index (χ2v) is 7.55. The second kappa shape index (κ2) is 6.30. The van der Waals surface area contributed by atoms with Gasteiger partial charge in [-0.1, -0.05) is 59.9 Å². The third kappa shape index (κ3) is 3.44. The van der Waals surface area contributed by atoms with E-state index in [0.29, 0.717) is 0 Å². The monoisotopic (exact) mass is 464 g/mol. The maximum Gasteiger partial charge on any atom is 0.0848 e. The Morgan fingerprint density at radius 3 is 2.16 bits per heavy atom. The van der Waals surface area contributed by atoms with Crippen molar-refractivity contribution in [2.24, 2.45) is 0 Å². The van der Waals surface area contributed by atoms with Gasteiger partial charge in [-0.15, -0.1) is 11.6 Å². The lowest BCUT2D eigenvalue weighted by molar-refractivity contribution is 1.09. The Bertz CT molecular complexity index is 623. The molecule has 0 fully saturated rings. The molecule has 2 rings (SSSR count). The highest BCUT2D eigenvalue weighted by molar-refractivity contribution is 9.11. The summed E-state index contributed by atoms with van der Waals surface area (Å²) < 4.78 is 3.17. The highest BCUT2D eigenvalue weighted by Crippen LogP contribution is 2.38. The van der Waals surface area contributed by atoms with Crippen molar-refractivity contribution in [3.8, 4) is 0 Å². The summed E-state index contributed by atoms with van der Waals surface area (Å²) in [5, 5.41) is -0.158. The third-order valence-corrected chi connectivity index (χ3v) is 5.56. The minimum absolute atomic E-state index is 0.158. The van der Waals surface area contributed by atoms with Gasteiger partial charge in [-0.3, -0.25) is 0 Å². The summed E-state index contributed by atoms with van der Waals surface area (Å²) in [5.41, 5.74) is 4.60. The lowest BCUT2D eigenvalue weighted by atomic mass is 9.98. The van der Waals surface area contributed by atoms with Gasteiger partial charge in [-0.2, -0.15) is 0 Å². The Morgan fingerprint density at radius 1 is 0.842 bits per heavy atom. The molecule has 2 aromatic rings. The van der Waals surface area contributed by atoms with Crippen LogP contribution in [0.5, 0.6) is 0 Å². The summed E-state index contributed by atoms with van der Waals surface area (Å²) in [5.74, 6) is 0. The van der Waals surface area contributed by atoms with Crippen molar-refractivity contribution in [2.75, 3.05) is 0 Å². The van der Waals surface area contributed by atoms with Crippen LogP contribution in [0.4, 0.5) is 0 Å². The molecule has 2 aromatic carbocycles. The summed E-state index contributed by atoms with van der Waals surface area (Å²) in [7, 11) is 0. The number of rotatable bonds is 2. The summed E-state index contributed by atoms with van der Waals surface area (Å²) in [4.78, 5) is 0. The number of halogens is 4. The van der Waals surface area contributed by atoms with E-state index in [1.54, 1.807) is 0 Å². The third-order valence-electron chi connectivity index (χ3n) is 3.06. The summed E-state index contributed by atoms with van der Waals surface area (Å²) in [6.07, 6.45) is 0. The molecule has 0 aliphatic heterocycles. The van der Waals surface area contributed by atoms with Crippen molar-refractivity contribution in [2.45, 2.75) is 19.2 Å². The van der Waals surface area contributed by atoms with Crippen LogP contribution in [-0.2, 0) is 0 Å². The number of alkyl halides is 1. The van der Waals surface area contributed by atoms with Crippen molar-refractivity contribution in [1.82, 2.24) is 0 Å². The van der Waals surface area contributed by atoms with E-state index >= 15 is 0 Å². The topological polar surface area (TPSA) is 0 Å². The lowest BCUT2D eigenvalue weighted by Crippen LogP contribution is -1.99. The molecular weight excluding hydrogens is 455 g/mol. The smallest absolute Gasteiger partial charge is 0.0848 e. The molecule has 0 aromatic heterocycles. The molecule has 0 radical (unpaired) electrons. The summed E-state index contributed by atoms with van der Waals surface area (Å²) in [6, 6.07) is 10.3. The van der Waals surface area contributed by atoms with Crippen LogP contribution >= 0.6 is 59.4 Å². The first kappa shape index (κ1) is 15.6. The van der Waals surface area contributed by atoms with Crippen molar-refractivity contribution < 1.29 is 0 Å². The standard InChI is InChI=1S/C15H12Br3Cl/c1-8-6-13(17)9(2)5-12(8)15(19)11-4-3-10(16)7-14(11)18/h3-7,15H,1-2H3. The van der Waals surface area contributed by atoms with E-state index in [2.05, 4.69) is 73.8 Å². The van der Waals surface area contributed by atoms with Crippen LogP contribution in [0, 0.1) is 13.8 Å². The number of hydrogen-bond acceptors (Lipinski definition) is 0. The molecule has 4 heteroatoms. The zero-order valence-electron chi connectivity index (χ0n) is 10.5. The van der Waals surface area contributed by atoms with Crippen LogP contribution < -0.4 is 0 Å². The highest BCUT2D eigenvalue weighted by Gasteiger charge is 2.17. The largest absolute Gasteiger partial charge is 0.113 e. The second-order valence-electron chi connectivity index (χ2n) is 4.49. The molecule has 0 N–H and O–H groups in total. The van der Waals surface area contributed by atoms with E-state index in [-0.39, 0.29) is 5.38 Å². The molecule has 0 heterocycles. The molecule has 0 saturated heterocycles. The Labute approximate surface area is 143 Å². The molecule has 19 heavy (non-hydrogen) atoms. The van der Waals surface area contributed by atoms with Gasteiger partial charge in [0.1, 0.15) is 0 Å². The average Bonchev–Trinajstić information content (AvgIpc) is 2.33. The van der Waals surface area contributed by atoms with Crippen LogP contribution in [-0.4, -0.2) is 0 Å². The van der Waals surface area contributed by atoms with Crippen molar-refractivity contribution in [1.29, 1.82) is 0 Å². The fraction of sp³-hybridized carbons (Fsp3) is 0.200. The van der Waals surface area contributed by atoms with Gasteiger partial charge >= 0.3 is 0 Å². The maximum atomic E-state index is 6.66. The zero-order chi connectivity index (χ0) is 14.2. The van der Waals surface area contributed by atoms with Crippen molar-refractivity contribution in [3.63, 3.8) is 0 Å². The van der Waals surface area contributed by atoms with Gasteiger partial charge < -0.3 is 0 Å². The van der Waals surface area contributed by atoms with Gasteiger partial charge in [0.05, 0.1) is 5.38 Å². The molecule has 0 spiro atoms. The van der Waals surface area contributed by atoms with E-state index in [4.69, 9.17) is 11.6 Å². The van der Waals surface area contributed by atoms with Gasteiger partial charge in [0.2, 0.25) is 0 Å². The summed E-state index contributed by atoms with van der Waals surface area (Å²) in [6.45, 7) is 4.16. The number of aryl methyl sites for hydroxylation is 2. The lowest BCUT2D eigenvalue weighted by Gasteiger charge is -2.16. The number of hydrogen-bond donors (Lipinski definition) is 0. The highest BCUT2D eigenvalue weighted by atomic mass is 79.9. The fourth-order valence-corrected chi connectivity index (χ4v) is 4.24. The molecule has 1 atom stereocenters. The van der Waals surface area contributed by atoms with Crippen LogP contribution in [0.2, 0.25) is 0 Å². The molecule has 100 valence electrons. The molecule has 0 nitrogen and oxygen atoms in total. The van der Waals surface area contributed by atoms with Crippen molar-refractivity contribution in [3.05, 3.63) is 66.0 Å². The predicted octanol–water partition coefficient (Wildman–Crippen LogP) is 6.92. The Morgan fingerprint density at radius 2 is 1.53 bits per heavy atom. The van der Waals surface area contributed by atoms with Crippen LogP contribution in [0.1, 0.15) is 27.6 Å². The van der Waals surface area contributed by atoms with Gasteiger partial charge in [0, 0.05) is 13.4 Å².